The second-order valence-corrected chi connectivity index (χ2v) is 4.99. The summed E-state index contributed by atoms with van der Waals surface area (Å²) in [6, 6.07) is 8.52. The average molecular weight is 353 g/mol. The summed E-state index contributed by atoms with van der Waals surface area (Å²) < 4.78 is 49.2. The first-order valence-corrected chi connectivity index (χ1v) is 7.16. The molecule has 0 aromatic heterocycles. The molecule has 0 aliphatic rings. The average Bonchev–Trinajstić information content (AvgIpc) is 2.60. The van der Waals surface area contributed by atoms with Crippen LogP contribution in [0.1, 0.15) is 5.56 Å². The van der Waals surface area contributed by atoms with Gasteiger partial charge in [-0.2, -0.15) is 0 Å². The van der Waals surface area contributed by atoms with E-state index in [1.54, 1.807) is 25.1 Å². The Morgan fingerprint density at radius 1 is 1.00 bits per heavy atom. The van der Waals surface area contributed by atoms with Gasteiger partial charge in [0.25, 0.3) is 5.91 Å². The van der Waals surface area contributed by atoms with E-state index >= 15 is 0 Å². The van der Waals surface area contributed by atoms with Crippen molar-refractivity contribution in [3.63, 3.8) is 0 Å². The van der Waals surface area contributed by atoms with Crippen LogP contribution in [0.25, 0.3) is 0 Å². The summed E-state index contributed by atoms with van der Waals surface area (Å²) in [5.41, 5.74) is 0.262. The monoisotopic (exact) mass is 353 g/mol. The van der Waals surface area contributed by atoms with Crippen molar-refractivity contribution in [3.8, 4) is 5.75 Å². The zero-order valence-electron chi connectivity index (χ0n) is 13.1. The van der Waals surface area contributed by atoms with Crippen molar-refractivity contribution < 1.29 is 32.2 Å². The zero-order valence-corrected chi connectivity index (χ0v) is 13.1. The number of benzene rings is 2. The molecule has 8 heteroatoms. The Kier molecular flexibility index (Phi) is 5.99. The van der Waals surface area contributed by atoms with E-state index in [0.29, 0.717) is 11.8 Å². The standard InChI is InChI=1S/C17H14F3NO4/c1-10-4-2-3-5-13(10)24-9-15(23)25-8-14(22)21-12-7-6-11(18)16(19)17(12)20/h2-7H,8-9H2,1H3,(H,21,22). The first kappa shape index (κ1) is 18.3. The molecule has 0 unspecified atom stereocenters. The highest BCUT2D eigenvalue weighted by molar-refractivity contribution is 5.93. The van der Waals surface area contributed by atoms with E-state index in [4.69, 9.17) is 4.74 Å². The zero-order chi connectivity index (χ0) is 18.4. The Balaban J connectivity index is 1.81. The number of aryl methyl sites for hydroxylation is 1. The lowest BCUT2D eigenvalue weighted by atomic mass is 10.2. The maximum atomic E-state index is 13.4. The molecule has 0 aliphatic carbocycles. The fourth-order valence-corrected chi connectivity index (χ4v) is 1.85. The molecule has 0 fully saturated rings. The van der Waals surface area contributed by atoms with Crippen LogP contribution in [0.3, 0.4) is 0 Å². The largest absolute Gasteiger partial charge is 0.482 e. The molecule has 0 heterocycles. The molecule has 0 saturated carbocycles. The predicted molar refractivity (Wildman–Crippen MR) is 82.6 cm³/mol. The van der Waals surface area contributed by atoms with Crippen LogP contribution in [0.2, 0.25) is 0 Å². The van der Waals surface area contributed by atoms with Gasteiger partial charge in [-0.3, -0.25) is 4.79 Å². The van der Waals surface area contributed by atoms with Crippen molar-refractivity contribution >= 4 is 17.6 Å². The van der Waals surface area contributed by atoms with Gasteiger partial charge >= 0.3 is 5.97 Å². The summed E-state index contributed by atoms with van der Waals surface area (Å²) in [4.78, 5) is 23.1. The number of hydrogen-bond donors (Lipinski definition) is 1. The van der Waals surface area contributed by atoms with E-state index in [1.807, 2.05) is 11.4 Å². The summed E-state index contributed by atoms with van der Waals surface area (Å²) in [5.74, 6) is -5.86. The molecule has 0 aliphatic heterocycles. The maximum absolute atomic E-state index is 13.4. The number of carbonyl (C=O) groups excluding carboxylic acids is 2. The van der Waals surface area contributed by atoms with Gasteiger partial charge < -0.3 is 14.8 Å². The number of para-hydroxylation sites is 1. The molecule has 0 spiro atoms. The van der Waals surface area contributed by atoms with E-state index < -0.39 is 48.2 Å². The SMILES string of the molecule is Cc1ccccc1OCC(=O)OCC(=O)Nc1ccc(F)c(F)c1F. The van der Waals surface area contributed by atoms with Crippen LogP contribution in [0.15, 0.2) is 36.4 Å². The van der Waals surface area contributed by atoms with Crippen molar-refractivity contribution in [1.29, 1.82) is 0 Å². The fraction of sp³-hybridized carbons (Fsp3) is 0.176. The number of carbonyl (C=O) groups is 2. The van der Waals surface area contributed by atoms with Crippen molar-refractivity contribution in [2.75, 3.05) is 18.5 Å². The number of hydrogen-bond acceptors (Lipinski definition) is 4. The molecular formula is C17H14F3NO4. The van der Waals surface area contributed by atoms with Crippen molar-refractivity contribution in [1.82, 2.24) is 0 Å². The molecule has 0 bridgehead atoms. The van der Waals surface area contributed by atoms with Crippen molar-refractivity contribution in [2.24, 2.45) is 0 Å². The second kappa shape index (κ2) is 8.18. The first-order valence-electron chi connectivity index (χ1n) is 7.16. The quantitative estimate of drug-likeness (QED) is 0.641. The highest BCUT2D eigenvalue weighted by atomic mass is 19.2. The lowest BCUT2D eigenvalue weighted by Crippen LogP contribution is -2.24. The van der Waals surface area contributed by atoms with Gasteiger partial charge in [0.1, 0.15) is 5.75 Å². The smallest absolute Gasteiger partial charge is 0.344 e. The number of rotatable bonds is 6. The minimum atomic E-state index is -1.71. The second-order valence-electron chi connectivity index (χ2n) is 4.99. The predicted octanol–water partition coefficient (Wildman–Crippen LogP) is 2.97. The number of anilines is 1. The molecule has 0 atom stereocenters. The molecule has 5 nitrogen and oxygen atoms in total. The van der Waals surface area contributed by atoms with Gasteiger partial charge in [-0.15, -0.1) is 0 Å². The van der Waals surface area contributed by atoms with Crippen molar-refractivity contribution in [2.45, 2.75) is 6.92 Å². The highest BCUT2D eigenvalue weighted by Gasteiger charge is 2.16. The lowest BCUT2D eigenvalue weighted by Gasteiger charge is -2.10. The Labute approximate surface area is 141 Å². The number of nitrogens with one attached hydrogen (secondary N) is 1. The van der Waals surface area contributed by atoms with Gasteiger partial charge in [-0.05, 0) is 30.7 Å². The summed E-state index contributed by atoms with van der Waals surface area (Å²) in [6.45, 7) is 0.649. The van der Waals surface area contributed by atoms with E-state index in [1.165, 1.54) is 0 Å². The molecule has 1 N–H and O–H groups in total. The maximum Gasteiger partial charge on any atom is 0.344 e. The van der Waals surface area contributed by atoms with Gasteiger partial charge in [0, 0.05) is 0 Å². The van der Waals surface area contributed by atoms with Crippen LogP contribution in [0.4, 0.5) is 18.9 Å². The minimum absolute atomic E-state index is 0.419. The van der Waals surface area contributed by atoms with Gasteiger partial charge in [0.15, 0.2) is 30.7 Å². The number of halogens is 3. The molecule has 0 saturated heterocycles. The van der Waals surface area contributed by atoms with E-state index in [-0.39, 0.29) is 0 Å². The van der Waals surface area contributed by atoms with Crippen LogP contribution in [-0.4, -0.2) is 25.1 Å². The third-order valence-corrected chi connectivity index (χ3v) is 3.11. The normalized spacial score (nSPS) is 10.2. The molecule has 0 radical (unpaired) electrons. The van der Waals surface area contributed by atoms with Crippen LogP contribution in [0.5, 0.6) is 5.75 Å². The summed E-state index contributed by atoms with van der Waals surface area (Å²) >= 11 is 0. The molecule has 2 rings (SSSR count). The number of esters is 1. The van der Waals surface area contributed by atoms with Crippen LogP contribution < -0.4 is 10.1 Å². The Hall–Kier alpha value is -3.03. The molecule has 1 amide bonds. The Morgan fingerprint density at radius 2 is 1.72 bits per heavy atom. The summed E-state index contributed by atoms with van der Waals surface area (Å²) in [7, 11) is 0. The van der Waals surface area contributed by atoms with E-state index in [2.05, 4.69) is 4.74 Å². The molecule has 2 aromatic carbocycles. The number of ether oxygens (including phenoxy) is 2. The molecule has 132 valence electrons. The third kappa shape index (κ3) is 4.97. The molecule has 25 heavy (non-hydrogen) atoms. The van der Waals surface area contributed by atoms with Crippen LogP contribution in [0, 0.1) is 24.4 Å². The van der Waals surface area contributed by atoms with Crippen molar-refractivity contribution in [3.05, 3.63) is 59.4 Å². The van der Waals surface area contributed by atoms with E-state index in [9.17, 15) is 22.8 Å². The van der Waals surface area contributed by atoms with Gasteiger partial charge in [-0.25, -0.2) is 18.0 Å². The van der Waals surface area contributed by atoms with E-state index in [0.717, 1.165) is 11.6 Å². The van der Waals surface area contributed by atoms with Crippen LogP contribution >= 0.6 is 0 Å². The van der Waals surface area contributed by atoms with Crippen LogP contribution in [-0.2, 0) is 14.3 Å². The molecule has 2 aromatic rings. The Bertz CT molecular complexity index is 795. The Morgan fingerprint density at radius 3 is 2.44 bits per heavy atom. The highest BCUT2D eigenvalue weighted by Crippen LogP contribution is 2.19. The fourth-order valence-electron chi connectivity index (χ4n) is 1.85. The molecular weight excluding hydrogens is 339 g/mol. The van der Waals surface area contributed by atoms with Gasteiger partial charge in [0.05, 0.1) is 5.69 Å². The lowest BCUT2D eigenvalue weighted by molar-refractivity contribution is -0.149. The summed E-state index contributed by atoms with van der Waals surface area (Å²) in [5, 5.41) is 1.98. The topological polar surface area (TPSA) is 64.6 Å². The van der Waals surface area contributed by atoms with Gasteiger partial charge in [0.2, 0.25) is 0 Å². The summed E-state index contributed by atoms with van der Waals surface area (Å²) in [6.07, 6.45) is 0. The van der Waals surface area contributed by atoms with Gasteiger partial charge in [-0.1, -0.05) is 18.2 Å². The number of amides is 1. The first-order chi connectivity index (χ1) is 11.9. The minimum Gasteiger partial charge on any atom is -0.482 e. The third-order valence-electron chi connectivity index (χ3n) is 3.11.